The van der Waals surface area contributed by atoms with E-state index in [0.717, 1.165) is 44.0 Å². The smallest absolute Gasteiger partial charge is 0.175 e. The Morgan fingerprint density at radius 3 is 2.53 bits per heavy atom. The molecule has 5 aromatic rings. The van der Waals surface area contributed by atoms with E-state index in [1.54, 1.807) is 0 Å². The van der Waals surface area contributed by atoms with Gasteiger partial charge in [0.15, 0.2) is 10.9 Å². The predicted octanol–water partition coefficient (Wildman–Crippen LogP) is 6.10. The second-order valence-electron chi connectivity index (χ2n) is 7.44. The number of carbonyl (C=O) groups excluding carboxylic acids is 1. The molecule has 0 saturated carbocycles. The van der Waals surface area contributed by atoms with Crippen LogP contribution >= 0.6 is 11.8 Å². The molecule has 0 saturated heterocycles. The molecule has 0 atom stereocenters. The average Bonchev–Trinajstić information content (AvgIpc) is 3.29. The van der Waals surface area contributed by atoms with Crippen LogP contribution in [0.5, 0.6) is 0 Å². The van der Waals surface area contributed by atoms with Crippen molar-refractivity contribution in [1.29, 1.82) is 0 Å². The molecular weight excluding hydrogens is 390 g/mol. The van der Waals surface area contributed by atoms with Gasteiger partial charge in [-0.2, -0.15) is 0 Å². The summed E-state index contributed by atoms with van der Waals surface area (Å²) in [6.45, 7) is 4.03. The van der Waals surface area contributed by atoms with Gasteiger partial charge in [-0.3, -0.25) is 9.36 Å². The van der Waals surface area contributed by atoms with Crippen LogP contribution in [0.15, 0.2) is 78.0 Å². The molecule has 0 unspecified atom stereocenters. The SMILES string of the molecule is Cc1ccc(-n2c(SCC(=O)c3c(C)[nH]c4ccccc34)nc3ccccc32)cc1. The number of aromatic amines is 1. The first-order valence-corrected chi connectivity index (χ1v) is 10.9. The molecule has 3 aromatic carbocycles. The summed E-state index contributed by atoms with van der Waals surface area (Å²) in [4.78, 5) is 21.3. The number of ketones is 1. The number of Topliss-reactive ketones (excluding diaryl/α,β-unsaturated/α-hetero) is 1. The number of H-pyrrole nitrogens is 1. The lowest BCUT2D eigenvalue weighted by molar-refractivity contribution is 0.102. The van der Waals surface area contributed by atoms with Crippen LogP contribution in [-0.2, 0) is 0 Å². The summed E-state index contributed by atoms with van der Waals surface area (Å²) in [5.74, 6) is 0.440. The molecule has 2 aromatic heterocycles. The van der Waals surface area contributed by atoms with E-state index in [1.807, 2.05) is 49.4 Å². The van der Waals surface area contributed by atoms with Crippen LogP contribution in [0.25, 0.3) is 27.6 Å². The number of fused-ring (bicyclic) bond motifs is 2. The van der Waals surface area contributed by atoms with Crippen LogP contribution < -0.4 is 0 Å². The van der Waals surface area contributed by atoms with Gasteiger partial charge in [0.05, 0.1) is 16.8 Å². The molecule has 4 nitrogen and oxygen atoms in total. The van der Waals surface area contributed by atoms with Gasteiger partial charge in [-0.05, 0) is 44.2 Å². The maximum absolute atomic E-state index is 13.1. The Bertz CT molecular complexity index is 1380. The van der Waals surface area contributed by atoms with E-state index in [2.05, 4.69) is 46.8 Å². The summed E-state index contributed by atoms with van der Waals surface area (Å²) in [5.41, 5.74) is 6.91. The summed E-state index contributed by atoms with van der Waals surface area (Å²) in [5, 5.41) is 1.80. The summed E-state index contributed by atoms with van der Waals surface area (Å²) in [6.07, 6.45) is 0. The first-order chi connectivity index (χ1) is 14.6. The molecule has 0 fully saturated rings. The quantitative estimate of drug-likeness (QED) is 0.281. The molecular formula is C25H21N3OS. The summed E-state index contributed by atoms with van der Waals surface area (Å²) in [6, 6.07) is 24.4. The van der Waals surface area contributed by atoms with Crippen molar-refractivity contribution in [2.24, 2.45) is 0 Å². The normalized spacial score (nSPS) is 11.4. The second kappa shape index (κ2) is 7.50. The van der Waals surface area contributed by atoms with Crippen LogP contribution in [-0.4, -0.2) is 26.1 Å². The zero-order valence-electron chi connectivity index (χ0n) is 16.8. The van der Waals surface area contributed by atoms with E-state index in [4.69, 9.17) is 4.98 Å². The highest BCUT2D eigenvalue weighted by Crippen LogP contribution is 2.30. The van der Waals surface area contributed by atoms with Gasteiger partial charge in [0, 0.05) is 27.8 Å². The van der Waals surface area contributed by atoms with Crippen molar-refractivity contribution in [1.82, 2.24) is 14.5 Å². The lowest BCUT2D eigenvalue weighted by Crippen LogP contribution is -2.05. The molecule has 5 rings (SSSR count). The lowest BCUT2D eigenvalue weighted by Gasteiger charge is -2.09. The average molecular weight is 412 g/mol. The highest BCUT2D eigenvalue weighted by Gasteiger charge is 2.19. The number of hydrogen-bond donors (Lipinski definition) is 1. The third-order valence-electron chi connectivity index (χ3n) is 5.33. The van der Waals surface area contributed by atoms with Crippen molar-refractivity contribution < 1.29 is 4.79 Å². The maximum Gasteiger partial charge on any atom is 0.175 e. The lowest BCUT2D eigenvalue weighted by atomic mass is 10.1. The number of thioether (sulfide) groups is 1. The van der Waals surface area contributed by atoms with E-state index in [9.17, 15) is 4.79 Å². The highest BCUT2D eigenvalue weighted by molar-refractivity contribution is 7.99. The Hall–Kier alpha value is -3.31. The van der Waals surface area contributed by atoms with E-state index in [0.29, 0.717) is 5.75 Å². The number of imidazole rings is 1. The number of nitrogens with zero attached hydrogens (tertiary/aromatic N) is 2. The first kappa shape index (κ1) is 18.7. The number of nitrogens with one attached hydrogen (secondary N) is 1. The predicted molar refractivity (Wildman–Crippen MR) is 124 cm³/mol. The molecule has 0 amide bonds. The number of carbonyl (C=O) groups is 1. The number of aryl methyl sites for hydroxylation is 2. The van der Waals surface area contributed by atoms with Gasteiger partial charge in [0.1, 0.15) is 0 Å². The molecule has 0 bridgehead atoms. The molecule has 0 radical (unpaired) electrons. The summed E-state index contributed by atoms with van der Waals surface area (Å²) < 4.78 is 2.13. The highest BCUT2D eigenvalue weighted by atomic mass is 32.2. The monoisotopic (exact) mass is 411 g/mol. The Morgan fingerprint density at radius 1 is 0.967 bits per heavy atom. The van der Waals surface area contributed by atoms with E-state index in [1.165, 1.54) is 17.3 Å². The van der Waals surface area contributed by atoms with E-state index < -0.39 is 0 Å². The number of hydrogen-bond acceptors (Lipinski definition) is 3. The van der Waals surface area contributed by atoms with Crippen molar-refractivity contribution in [2.75, 3.05) is 5.75 Å². The Kier molecular flexibility index (Phi) is 4.68. The number of benzene rings is 3. The fraction of sp³-hybridized carbons (Fsp3) is 0.120. The molecule has 0 aliphatic heterocycles. The van der Waals surface area contributed by atoms with Crippen LogP contribution in [0.1, 0.15) is 21.6 Å². The molecule has 0 aliphatic rings. The molecule has 148 valence electrons. The fourth-order valence-corrected chi connectivity index (χ4v) is 4.78. The van der Waals surface area contributed by atoms with Crippen molar-refractivity contribution in [3.8, 4) is 5.69 Å². The van der Waals surface area contributed by atoms with Gasteiger partial charge in [-0.1, -0.05) is 59.8 Å². The largest absolute Gasteiger partial charge is 0.358 e. The molecule has 0 aliphatic carbocycles. The topological polar surface area (TPSA) is 50.7 Å². The molecule has 30 heavy (non-hydrogen) atoms. The molecule has 5 heteroatoms. The minimum Gasteiger partial charge on any atom is -0.358 e. The number of aromatic nitrogens is 3. The minimum absolute atomic E-state index is 0.109. The van der Waals surface area contributed by atoms with Gasteiger partial charge in [-0.15, -0.1) is 0 Å². The third-order valence-corrected chi connectivity index (χ3v) is 6.27. The fourth-order valence-electron chi connectivity index (χ4n) is 3.88. The van der Waals surface area contributed by atoms with Crippen molar-refractivity contribution in [2.45, 2.75) is 19.0 Å². The van der Waals surface area contributed by atoms with E-state index in [-0.39, 0.29) is 5.78 Å². The van der Waals surface area contributed by atoms with Gasteiger partial charge < -0.3 is 4.98 Å². The zero-order chi connectivity index (χ0) is 20.7. The van der Waals surface area contributed by atoms with Crippen molar-refractivity contribution in [3.05, 3.63) is 89.6 Å². The maximum atomic E-state index is 13.1. The van der Waals surface area contributed by atoms with Gasteiger partial charge in [0.2, 0.25) is 0 Å². The number of para-hydroxylation sites is 3. The Labute approximate surface area is 179 Å². The standard InChI is InChI=1S/C25H21N3OS/c1-16-11-13-18(14-12-16)28-22-10-6-5-9-21(22)27-25(28)30-15-23(29)24-17(2)26-20-8-4-3-7-19(20)24/h3-14,26H,15H2,1-2H3. The van der Waals surface area contributed by atoms with Crippen molar-refractivity contribution >= 4 is 39.5 Å². The first-order valence-electron chi connectivity index (χ1n) is 9.89. The molecule has 1 N–H and O–H groups in total. The van der Waals surface area contributed by atoms with Gasteiger partial charge in [-0.25, -0.2) is 4.98 Å². The molecule has 0 spiro atoms. The van der Waals surface area contributed by atoms with E-state index >= 15 is 0 Å². The molecule has 2 heterocycles. The van der Waals surface area contributed by atoms with Crippen LogP contribution in [0.4, 0.5) is 0 Å². The Balaban J connectivity index is 1.51. The summed E-state index contributed by atoms with van der Waals surface area (Å²) >= 11 is 1.48. The van der Waals surface area contributed by atoms with Crippen LogP contribution in [0.2, 0.25) is 0 Å². The van der Waals surface area contributed by atoms with Gasteiger partial charge >= 0.3 is 0 Å². The van der Waals surface area contributed by atoms with Gasteiger partial charge in [0.25, 0.3) is 0 Å². The second-order valence-corrected chi connectivity index (χ2v) is 8.38. The third kappa shape index (κ3) is 3.21. The minimum atomic E-state index is 0.109. The summed E-state index contributed by atoms with van der Waals surface area (Å²) in [7, 11) is 0. The number of rotatable bonds is 5. The zero-order valence-corrected chi connectivity index (χ0v) is 17.7. The van der Waals surface area contributed by atoms with Crippen LogP contribution in [0, 0.1) is 13.8 Å². The van der Waals surface area contributed by atoms with Crippen LogP contribution in [0.3, 0.4) is 0 Å². The van der Waals surface area contributed by atoms with Crippen molar-refractivity contribution in [3.63, 3.8) is 0 Å². The Morgan fingerprint density at radius 2 is 1.70 bits per heavy atom.